The number of aromatic amines is 4. The van der Waals surface area contributed by atoms with Crippen LogP contribution in [-0.4, -0.2) is 65.5 Å². The fourth-order valence-corrected chi connectivity index (χ4v) is 6.80. The molecule has 236 valence electrons. The van der Waals surface area contributed by atoms with Crippen molar-refractivity contribution in [3.8, 4) is 22.3 Å². The van der Waals surface area contributed by atoms with Gasteiger partial charge in [0.05, 0.1) is 12.4 Å². The largest absolute Gasteiger partial charge is 0.355 e. The van der Waals surface area contributed by atoms with E-state index in [9.17, 15) is 9.59 Å². The average Bonchev–Trinajstić information content (AvgIpc) is 3.75. The normalized spacial score (nSPS) is 18.5. The quantitative estimate of drug-likeness (QED) is 0.205. The number of aromatic nitrogens is 8. The molecule has 0 amide bonds. The van der Waals surface area contributed by atoms with Crippen LogP contribution in [0.5, 0.6) is 0 Å². The third kappa shape index (κ3) is 5.90. The molecular weight excluding hydrogens is 580 g/mol. The minimum Gasteiger partial charge on any atom is -0.355 e. The van der Waals surface area contributed by atoms with Crippen LogP contribution in [0, 0.1) is 0 Å². The number of H-pyrrole nitrogens is 4. The van der Waals surface area contributed by atoms with Gasteiger partial charge in [-0.2, -0.15) is 10.2 Å². The Morgan fingerprint density at radius 1 is 0.652 bits per heavy atom. The van der Waals surface area contributed by atoms with Gasteiger partial charge in [0.25, 0.3) is 0 Å². The summed E-state index contributed by atoms with van der Waals surface area (Å²) in [5, 5.41) is 15.7. The van der Waals surface area contributed by atoms with E-state index in [4.69, 9.17) is 0 Å². The van der Waals surface area contributed by atoms with Gasteiger partial charge in [0.2, 0.25) is 11.1 Å². The molecule has 0 aliphatic carbocycles. The summed E-state index contributed by atoms with van der Waals surface area (Å²) in [6.07, 6.45) is 14.1. The first kappa shape index (κ1) is 29.5. The highest BCUT2D eigenvalue weighted by Crippen LogP contribution is 2.31. The molecule has 0 spiro atoms. The van der Waals surface area contributed by atoms with Crippen LogP contribution in [-0.2, 0) is 0 Å². The number of nitrogens with one attached hydrogen (secondary N) is 4. The standard InChI is InChI=1S/2C17H19N5O/c2*1-11-4-2-3-7-22(11)15-8-12(9-16(23)20-15)13-5-6-18-17-14(13)10-19-21-17/h2*5-6,8-11H,2-4,7H2,1H3,(H,20,23)(H,18,19,21)/t2*11-/m10/s1. The van der Waals surface area contributed by atoms with Crippen LogP contribution in [0.4, 0.5) is 11.6 Å². The zero-order valence-corrected chi connectivity index (χ0v) is 26.1. The third-order valence-corrected chi connectivity index (χ3v) is 9.22. The molecule has 2 aliphatic heterocycles. The maximum Gasteiger partial charge on any atom is 0.250 e. The van der Waals surface area contributed by atoms with E-state index in [1.165, 1.54) is 12.8 Å². The molecule has 2 atom stereocenters. The number of piperidine rings is 2. The van der Waals surface area contributed by atoms with E-state index < -0.39 is 0 Å². The zero-order valence-electron chi connectivity index (χ0n) is 26.1. The molecule has 6 aromatic rings. The Labute approximate surface area is 265 Å². The predicted molar refractivity (Wildman–Crippen MR) is 181 cm³/mol. The molecule has 0 saturated carbocycles. The van der Waals surface area contributed by atoms with Crippen molar-refractivity contribution in [3.63, 3.8) is 0 Å². The fourth-order valence-electron chi connectivity index (χ4n) is 6.80. The van der Waals surface area contributed by atoms with Gasteiger partial charge >= 0.3 is 0 Å². The Morgan fingerprint density at radius 2 is 1.11 bits per heavy atom. The van der Waals surface area contributed by atoms with Gasteiger partial charge < -0.3 is 19.8 Å². The highest BCUT2D eigenvalue weighted by molar-refractivity contribution is 5.93. The second kappa shape index (κ2) is 12.6. The Morgan fingerprint density at radius 3 is 1.54 bits per heavy atom. The number of nitrogens with zero attached hydrogens (tertiary/aromatic N) is 6. The van der Waals surface area contributed by atoms with Gasteiger partial charge in [0.15, 0.2) is 11.3 Å². The number of anilines is 2. The summed E-state index contributed by atoms with van der Waals surface area (Å²) in [5.74, 6) is 1.79. The van der Waals surface area contributed by atoms with Gasteiger partial charge in [-0.15, -0.1) is 0 Å². The van der Waals surface area contributed by atoms with Crippen LogP contribution in [0.3, 0.4) is 0 Å². The molecule has 12 heteroatoms. The summed E-state index contributed by atoms with van der Waals surface area (Å²) in [7, 11) is 0. The van der Waals surface area contributed by atoms with E-state index >= 15 is 0 Å². The van der Waals surface area contributed by atoms with E-state index in [1.807, 2.05) is 12.1 Å². The Balaban J connectivity index is 0.000000147. The van der Waals surface area contributed by atoms with E-state index in [2.05, 4.69) is 76.1 Å². The lowest BCUT2D eigenvalue weighted by Gasteiger charge is -2.35. The number of hydrogen-bond acceptors (Lipinski definition) is 8. The van der Waals surface area contributed by atoms with Crippen molar-refractivity contribution in [2.45, 2.75) is 64.5 Å². The number of hydrogen-bond donors (Lipinski definition) is 4. The van der Waals surface area contributed by atoms with E-state index in [1.54, 1.807) is 36.9 Å². The molecular formula is C34H38N10O2. The lowest BCUT2D eigenvalue weighted by molar-refractivity contribution is 0.481. The molecule has 2 saturated heterocycles. The minimum atomic E-state index is -0.0799. The van der Waals surface area contributed by atoms with Crippen molar-refractivity contribution in [2.75, 3.05) is 22.9 Å². The summed E-state index contributed by atoms with van der Waals surface area (Å²) >= 11 is 0. The van der Waals surface area contributed by atoms with E-state index in [0.29, 0.717) is 12.1 Å². The molecule has 4 N–H and O–H groups in total. The summed E-state index contributed by atoms with van der Waals surface area (Å²) in [4.78, 5) is 43.5. The summed E-state index contributed by atoms with van der Waals surface area (Å²) in [6.45, 7) is 6.39. The number of rotatable bonds is 4. The molecule has 8 rings (SSSR count). The Hall–Kier alpha value is -5.26. The topological polar surface area (TPSA) is 155 Å². The lowest BCUT2D eigenvalue weighted by Crippen LogP contribution is -2.38. The molecule has 0 unspecified atom stereocenters. The smallest absolute Gasteiger partial charge is 0.250 e. The zero-order chi connectivity index (χ0) is 31.6. The van der Waals surface area contributed by atoms with Crippen molar-refractivity contribution in [2.24, 2.45) is 0 Å². The number of pyridine rings is 4. The monoisotopic (exact) mass is 618 g/mol. The molecule has 0 bridgehead atoms. The first-order valence-corrected chi connectivity index (χ1v) is 16.0. The van der Waals surface area contributed by atoms with Crippen LogP contribution in [0.15, 0.2) is 70.8 Å². The van der Waals surface area contributed by atoms with Gasteiger partial charge in [0.1, 0.15) is 11.6 Å². The van der Waals surface area contributed by atoms with E-state index in [-0.39, 0.29) is 11.1 Å². The highest BCUT2D eigenvalue weighted by atomic mass is 16.1. The Bertz CT molecular complexity index is 1940. The molecule has 0 radical (unpaired) electrons. The van der Waals surface area contributed by atoms with E-state index in [0.717, 1.165) is 94.7 Å². The maximum absolute atomic E-state index is 12.2. The fraction of sp³-hybridized carbons (Fsp3) is 0.353. The number of fused-ring (bicyclic) bond motifs is 2. The van der Waals surface area contributed by atoms with Crippen molar-refractivity contribution >= 4 is 33.7 Å². The van der Waals surface area contributed by atoms with Crippen LogP contribution in [0.1, 0.15) is 52.4 Å². The molecule has 2 fully saturated rings. The Kier molecular flexibility index (Phi) is 8.08. The minimum absolute atomic E-state index is 0.0799. The van der Waals surface area contributed by atoms with Gasteiger partial charge in [-0.05, 0) is 98.9 Å². The summed E-state index contributed by atoms with van der Waals surface area (Å²) in [6, 6.07) is 12.1. The summed E-state index contributed by atoms with van der Waals surface area (Å²) < 4.78 is 0. The average molecular weight is 619 g/mol. The molecule has 46 heavy (non-hydrogen) atoms. The van der Waals surface area contributed by atoms with Gasteiger partial charge in [-0.1, -0.05) is 0 Å². The van der Waals surface area contributed by atoms with Gasteiger partial charge in [0, 0.05) is 60.5 Å². The van der Waals surface area contributed by atoms with Crippen molar-refractivity contribution < 1.29 is 0 Å². The summed E-state index contributed by atoms with van der Waals surface area (Å²) in [5.41, 5.74) is 5.05. The van der Waals surface area contributed by atoms with Crippen LogP contribution in [0.2, 0.25) is 0 Å². The molecule has 0 aromatic carbocycles. The van der Waals surface area contributed by atoms with Crippen LogP contribution in [0.25, 0.3) is 44.3 Å². The van der Waals surface area contributed by atoms with Crippen molar-refractivity contribution in [3.05, 3.63) is 81.9 Å². The third-order valence-electron chi connectivity index (χ3n) is 9.22. The first-order chi connectivity index (χ1) is 22.4. The highest BCUT2D eigenvalue weighted by Gasteiger charge is 2.21. The predicted octanol–water partition coefficient (Wildman–Crippen LogP) is 5.38. The van der Waals surface area contributed by atoms with Gasteiger partial charge in [-0.25, -0.2) is 9.97 Å². The maximum atomic E-state index is 12.2. The molecule has 2 aliphatic rings. The molecule has 8 heterocycles. The molecule has 6 aromatic heterocycles. The van der Waals surface area contributed by atoms with Crippen LogP contribution < -0.4 is 20.9 Å². The SMILES string of the molecule is C[C@@H]1CCCCN1c1cc(-c2ccnc3[nH]ncc23)cc(=O)[nH]1.C[C@H]1CCCCN1c1cc(-c2ccnc3[nH]ncc23)cc(=O)[nH]1. The van der Waals surface area contributed by atoms with Crippen molar-refractivity contribution in [1.82, 2.24) is 40.3 Å². The van der Waals surface area contributed by atoms with Crippen LogP contribution >= 0.6 is 0 Å². The van der Waals surface area contributed by atoms with Gasteiger partial charge in [-0.3, -0.25) is 19.8 Å². The van der Waals surface area contributed by atoms with Crippen molar-refractivity contribution in [1.29, 1.82) is 0 Å². The molecule has 12 nitrogen and oxygen atoms in total. The second-order valence-electron chi connectivity index (χ2n) is 12.3. The lowest BCUT2D eigenvalue weighted by atomic mass is 10.0. The second-order valence-corrected chi connectivity index (χ2v) is 12.3. The first-order valence-electron chi connectivity index (χ1n) is 16.0.